The van der Waals surface area contributed by atoms with E-state index in [-0.39, 0.29) is 0 Å². The van der Waals surface area contributed by atoms with Crippen molar-refractivity contribution in [3.8, 4) is 0 Å². The Labute approximate surface area is 122 Å². The lowest BCUT2D eigenvalue weighted by Gasteiger charge is -1.99. The Bertz CT molecular complexity index is 549. The van der Waals surface area contributed by atoms with Crippen LogP contribution in [0.15, 0.2) is 68.3 Å². The van der Waals surface area contributed by atoms with Crippen LogP contribution in [0.25, 0.3) is 18.2 Å². The number of benzene rings is 2. The van der Waals surface area contributed by atoms with Crippen molar-refractivity contribution in [2.45, 2.75) is 13.3 Å². The highest BCUT2D eigenvalue weighted by Crippen LogP contribution is 2.10. The number of hydrogen-bond donors (Lipinski definition) is 0. The molecule has 0 saturated heterocycles. The summed E-state index contributed by atoms with van der Waals surface area (Å²) in [6.45, 7) is 13.3. The molecule has 0 saturated carbocycles. The van der Waals surface area contributed by atoms with Gasteiger partial charge in [-0.25, -0.2) is 0 Å². The zero-order valence-electron chi connectivity index (χ0n) is 12.2. The van der Waals surface area contributed by atoms with Crippen molar-refractivity contribution in [3.63, 3.8) is 0 Å². The Kier molecular flexibility index (Phi) is 6.84. The van der Waals surface area contributed by atoms with Gasteiger partial charge in [-0.05, 0) is 28.7 Å². The van der Waals surface area contributed by atoms with E-state index in [1.54, 1.807) is 0 Å². The predicted molar refractivity (Wildman–Crippen MR) is 92.5 cm³/mol. The van der Waals surface area contributed by atoms with Gasteiger partial charge in [0.05, 0.1) is 0 Å². The fourth-order valence-corrected chi connectivity index (χ4v) is 1.94. The molecule has 0 N–H and O–H groups in total. The molecule has 0 bridgehead atoms. The molecule has 0 spiro atoms. The first kappa shape index (κ1) is 15.7. The minimum absolute atomic E-state index is 1.09. The summed E-state index contributed by atoms with van der Waals surface area (Å²) in [5.41, 5.74) is 4.90. The van der Waals surface area contributed by atoms with Gasteiger partial charge in [-0.3, -0.25) is 0 Å². The first-order valence-corrected chi connectivity index (χ1v) is 6.81. The van der Waals surface area contributed by atoms with Crippen LogP contribution in [0.1, 0.15) is 29.2 Å². The van der Waals surface area contributed by atoms with Crippen LogP contribution in [-0.4, -0.2) is 0 Å². The summed E-state index contributed by atoms with van der Waals surface area (Å²) in [6.07, 6.45) is 6.65. The molecular formula is C20H22. The van der Waals surface area contributed by atoms with E-state index >= 15 is 0 Å². The maximum Gasteiger partial charge on any atom is -0.0190 e. The lowest BCUT2D eigenvalue weighted by atomic mass is 10.1. The molecule has 2 aromatic rings. The Morgan fingerprint density at radius 2 is 1.10 bits per heavy atom. The molecule has 0 amide bonds. The van der Waals surface area contributed by atoms with Crippen molar-refractivity contribution < 1.29 is 0 Å². The van der Waals surface area contributed by atoms with Crippen LogP contribution in [0, 0.1) is 0 Å². The highest BCUT2D eigenvalue weighted by molar-refractivity contribution is 5.63. The summed E-state index contributed by atoms with van der Waals surface area (Å²) < 4.78 is 0. The van der Waals surface area contributed by atoms with Gasteiger partial charge in [0.1, 0.15) is 0 Å². The molecule has 20 heavy (non-hydrogen) atoms. The van der Waals surface area contributed by atoms with Crippen molar-refractivity contribution in [1.29, 1.82) is 0 Å². The molecule has 0 aliphatic heterocycles. The molecule has 0 aromatic heterocycles. The van der Waals surface area contributed by atoms with Gasteiger partial charge in [0.2, 0.25) is 0 Å². The molecule has 0 heterocycles. The average Bonchev–Trinajstić information content (AvgIpc) is 2.55. The third kappa shape index (κ3) is 4.40. The van der Waals surface area contributed by atoms with E-state index in [1.165, 1.54) is 11.1 Å². The lowest BCUT2D eigenvalue weighted by Crippen LogP contribution is -1.83. The first-order valence-electron chi connectivity index (χ1n) is 6.81. The second-order valence-electron chi connectivity index (χ2n) is 4.29. The fourth-order valence-electron chi connectivity index (χ4n) is 1.94. The zero-order chi connectivity index (χ0) is 14.8. The summed E-state index contributed by atoms with van der Waals surface area (Å²) in [6, 6.07) is 16.3. The zero-order valence-corrected chi connectivity index (χ0v) is 12.2. The van der Waals surface area contributed by atoms with Gasteiger partial charge in [-0.15, -0.1) is 0 Å². The molecule has 0 heteroatoms. The first-order chi connectivity index (χ1) is 9.76. The highest BCUT2D eigenvalue weighted by Gasteiger charge is 1.92. The van der Waals surface area contributed by atoms with Crippen LogP contribution >= 0.6 is 0 Å². The molecule has 2 rings (SSSR count). The van der Waals surface area contributed by atoms with E-state index < -0.39 is 0 Å². The van der Waals surface area contributed by atoms with Gasteiger partial charge in [0.25, 0.3) is 0 Å². The van der Waals surface area contributed by atoms with Crippen LogP contribution in [0.2, 0.25) is 0 Å². The quantitative estimate of drug-likeness (QED) is 0.647. The van der Waals surface area contributed by atoms with Crippen LogP contribution in [0.5, 0.6) is 0 Å². The van der Waals surface area contributed by atoms with Gasteiger partial charge in [0, 0.05) is 0 Å². The van der Waals surface area contributed by atoms with Crippen molar-refractivity contribution in [2.75, 3.05) is 0 Å². The smallest absolute Gasteiger partial charge is 0.0190 e. The van der Waals surface area contributed by atoms with E-state index in [9.17, 15) is 0 Å². The molecular weight excluding hydrogens is 240 g/mol. The SMILES string of the molecule is C=Cc1ccccc1C=C.C=Cc1ccccc1CC. The summed E-state index contributed by atoms with van der Waals surface area (Å²) in [5, 5.41) is 0. The van der Waals surface area contributed by atoms with E-state index in [2.05, 4.69) is 44.9 Å². The Morgan fingerprint density at radius 1 is 0.700 bits per heavy atom. The van der Waals surface area contributed by atoms with Crippen LogP contribution < -0.4 is 0 Å². The number of aryl methyl sites for hydroxylation is 1. The van der Waals surface area contributed by atoms with Gasteiger partial charge in [-0.2, -0.15) is 0 Å². The Morgan fingerprint density at radius 3 is 1.45 bits per heavy atom. The summed E-state index contributed by atoms with van der Waals surface area (Å²) in [5.74, 6) is 0. The van der Waals surface area contributed by atoms with Crippen LogP contribution in [0.4, 0.5) is 0 Å². The summed E-state index contributed by atoms with van der Waals surface area (Å²) in [4.78, 5) is 0. The van der Waals surface area contributed by atoms with Crippen molar-refractivity contribution in [1.82, 2.24) is 0 Å². The second kappa shape index (κ2) is 8.71. The van der Waals surface area contributed by atoms with Gasteiger partial charge in [0.15, 0.2) is 0 Å². The Balaban J connectivity index is 0.000000200. The fraction of sp³-hybridized carbons (Fsp3) is 0.100. The Hall–Kier alpha value is -2.34. The lowest BCUT2D eigenvalue weighted by molar-refractivity contribution is 1.13. The molecule has 0 aliphatic carbocycles. The van der Waals surface area contributed by atoms with E-state index in [0.717, 1.165) is 17.5 Å². The number of hydrogen-bond acceptors (Lipinski definition) is 0. The predicted octanol–water partition coefficient (Wildman–Crippen LogP) is 5.86. The third-order valence-electron chi connectivity index (χ3n) is 3.09. The molecule has 102 valence electrons. The second-order valence-corrected chi connectivity index (χ2v) is 4.29. The molecule has 0 unspecified atom stereocenters. The van der Waals surface area contributed by atoms with Crippen molar-refractivity contribution >= 4 is 18.2 Å². The normalized spacial score (nSPS) is 9.05. The van der Waals surface area contributed by atoms with Gasteiger partial charge in [-0.1, -0.05) is 93.4 Å². The maximum atomic E-state index is 3.74. The number of rotatable bonds is 4. The molecule has 0 nitrogen and oxygen atoms in total. The molecule has 0 fully saturated rings. The average molecular weight is 262 g/mol. The minimum atomic E-state index is 1.09. The summed E-state index contributed by atoms with van der Waals surface area (Å²) in [7, 11) is 0. The maximum absolute atomic E-state index is 3.74. The standard InChI is InChI=1S/C10H12.C10H10/c2*1-3-9-7-5-6-8-10(9)4-2/h3,5-8H,1,4H2,2H3;3-8H,1-2H2. The van der Waals surface area contributed by atoms with E-state index in [0.29, 0.717) is 0 Å². The largest absolute Gasteiger partial charge is 0.0985 e. The van der Waals surface area contributed by atoms with Crippen molar-refractivity contribution in [3.05, 3.63) is 90.5 Å². The van der Waals surface area contributed by atoms with Crippen LogP contribution in [-0.2, 0) is 6.42 Å². The molecule has 0 radical (unpaired) electrons. The topological polar surface area (TPSA) is 0 Å². The van der Waals surface area contributed by atoms with Gasteiger partial charge < -0.3 is 0 Å². The minimum Gasteiger partial charge on any atom is -0.0985 e. The van der Waals surface area contributed by atoms with Crippen molar-refractivity contribution in [2.24, 2.45) is 0 Å². The molecule has 0 atom stereocenters. The third-order valence-corrected chi connectivity index (χ3v) is 3.09. The van der Waals surface area contributed by atoms with E-state index in [4.69, 9.17) is 0 Å². The highest BCUT2D eigenvalue weighted by atomic mass is 14.0. The molecule has 2 aromatic carbocycles. The molecule has 0 aliphatic rings. The van der Waals surface area contributed by atoms with Crippen LogP contribution in [0.3, 0.4) is 0 Å². The van der Waals surface area contributed by atoms with Gasteiger partial charge >= 0.3 is 0 Å². The monoisotopic (exact) mass is 262 g/mol. The van der Waals surface area contributed by atoms with E-state index in [1.807, 2.05) is 48.6 Å². The summed E-state index contributed by atoms with van der Waals surface area (Å²) >= 11 is 0.